The number of carbonyl (C=O) groups is 1. The monoisotopic (exact) mass is 442 g/mol. The van der Waals surface area contributed by atoms with Gasteiger partial charge in [-0.2, -0.15) is 10.2 Å². The van der Waals surface area contributed by atoms with E-state index in [1.807, 2.05) is 20.8 Å². The smallest absolute Gasteiger partial charge is 0.291 e. The maximum absolute atomic E-state index is 12.0. The van der Waals surface area contributed by atoms with E-state index in [1.165, 1.54) is 6.21 Å². The Labute approximate surface area is 150 Å². The Bertz CT molecular complexity index is 763. The van der Waals surface area contributed by atoms with Gasteiger partial charge in [0.25, 0.3) is 5.91 Å². The van der Waals surface area contributed by atoms with Gasteiger partial charge < -0.3 is 5.11 Å². The van der Waals surface area contributed by atoms with Gasteiger partial charge in [0, 0.05) is 21.1 Å². The van der Waals surface area contributed by atoms with E-state index in [0.29, 0.717) is 10.0 Å². The summed E-state index contributed by atoms with van der Waals surface area (Å²) in [6.45, 7) is 6.07. The number of phenolic OH excluding ortho intramolecular Hbond substituents is 1. The molecule has 1 heterocycles. The highest BCUT2D eigenvalue weighted by molar-refractivity contribution is 9.11. The number of rotatable bonds is 3. The number of amides is 1. The van der Waals surface area contributed by atoms with Crippen molar-refractivity contribution in [2.24, 2.45) is 5.10 Å². The second-order valence-electron chi connectivity index (χ2n) is 5.94. The molecule has 2 rings (SSSR count). The SMILES string of the molecule is CC(C)(C)c1cc(C(=O)N/N=C\c2cc(Br)cc(Br)c2O)n[nH]1. The number of hydrazone groups is 1. The van der Waals surface area contributed by atoms with Crippen LogP contribution < -0.4 is 5.43 Å². The number of hydrogen-bond acceptors (Lipinski definition) is 4. The molecule has 0 fully saturated rings. The van der Waals surface area contributed by atoms with Crippen molar-refractivity contribution in [3.05, 3.63) is 44.1 Å². The Morgan fingerprint density at radius 2 is 2.04 bits per heavy atom. The van der Waals surface area contributed by atoms with Crippen LogP contribution in [0.5, 0.6) is 5.75 Å². The van der Waals surface area contributed by atoms with Crippen molar-refractivity contribution in [2.75, 3.05) is 0 Å². The van der Waals surface area contributed by atoms with E-state index in [4.69, 9.17) is 0 Å². The average molecular weight is 444 g/mol. The molecule has 0 atom stereocenters. The van der Waals surface area contributed by atoms with Crippen molar-refractivity contribution in [3.8, 4) is 5.75 Å². The van der Waals surface area contributed by atoms with E-state index in [9.17, 15) is 9.90 Å². The van der Waals surface area contributed by atoms with Gasteiger partial charge in [-0.15, -0.1) is 0 Å². The summed E-state index contributed by atoms with van der Waals surface area (Å²) in [5.41, 5.74) is 3.84. The predicted octanol–water partition coefficient (Wildman–Crippen LogP) is 3.70. The highest BCUT2D eigenvalue weighted by atomic mass is 79.9. The molecule has 6 nitrogen and oxygen atoms in total. The van der Waals surface area contributed by atoms with Gasteiger partial charge in [-0.05, 0) is 34.1 Å². The molecule has 122 valence electrons. The quantitative estimate of drug-likeness (QED) is 0.498. The molecular formula is C15H16Br2N4O2. The molecule has 0 radical (unpaired) electrons. The Morgan fingerprint density at radius 3 is 2.65 bits per heavy atom. The second kappa shape index (κ2) is 6.84. The van der Waals surface area contributed by atoms with Crippen molar-refractivity contribution in [2.45, 2.75) is 26.2 Å². The van der Waals surface area contributed by atoms with Gasteiger partial charge in [0.05, 0.1) is 10.7 Å². The van der Waals surface area contributed by atoms with Gasteiger partial charge in [-0.25, -0.2) is 5.43 Å². The van der Waals surface area contributed by atoms with E-state index >= 15 is 0 Å². The Morgan fingerprint density at radius 1 is 1.35 bits per heavy atom. The first-order valence-corrected chi connectivity index (χ1v) is 8.34. The molecule has 1 aromatic carbocycles. The van der Waals surface area contributed by atoms with Crippen LogP contribution in [-0.4, -0.2) is 27.4 Å². The largest absolute Gasteiger partial charge is 0.506 e. The molecule has 0 aliphatic heterocycles. The Hall–Kier alpha value is -1.67. The third-order valence-corrected chi connectivity index (χ3v) is 4.11. The van der Waals surface area contributed by atoms with E-state index in [2.05, 4.69) is 52.6 Å². The fourth-order valence-electron chi connectivity index (χ4n) is 1.72. The summed E-state index contributed by atoms with van der Waals surface area (Å²) in [7, 11) is 0. The van der Waals surface area contributed by atoms with Crippen LogP contribution in [0.25, 0.3) is 0 Å². The van der Waals surface area contributed by atoms with Crippen molar-refractivity contribution < 1.29 is 9.90 Å². The number of phenols is 1. The van der Waals surface area contributed by atoms with Gasteiger partial charge >= 0.3 is 0 Å². The highest BCUT2D eigenvalue weighted by Crippen LogP contribution is 2.30. The number of carbonyl (C=O) groups excluding carboxylic acids is 1. The van der Waals surface area contributed by atoms with Crippen LogP contribution in [0.15, 0.2) is 32.2 Å². The molecule has 0 saturated carbocycles. The first-order valence-electron chi connectivity index (χ1n) is 6.76. The summed E-state index contributed by atoms with van der Waals surface area (Å²) in [5, 5.41) is 20.6. The Balaban J connectivity index is 2.09. The van der Waals surface area contributed by atoms with Crippen molar-refractivity contribution in [3.63, 3.8) is 0 Å². The van der Waals surface area contributed by atoms with Crippen LogP contribution in [0.4, 0.5) is 0 Å². The van der Waals surface area contributed by atoms with Gasteiger partial charge in [0.1, 0.15) is 5.75 Å². The number of benzene rings is 1. The summed E-state index contributed by atoms with van der Waals surface area (Å²) in [5.74, 6) is -0.387. The summed E-state index contributed by atoms with van der Waals surface area (Å²) >= 11 is 6.55. The number of aromatic nitrogens is 2. The van der Waals surface area contributed by atoms with Crippen LogP contribution in [-0.2, 0) is 5.41 Å². The fraction of sp³-hybridized carbons (Fsp3) is 0.267. The van der Waals surface area contributed by atoms with Crippen LogP contribution in [0, 0.1) is 0 Å². The molecule has 0 spiro atoms. The van der Waals surface area contributed by atoms with E-state index < -0.39 is 5.91 Å². The molecular weight excluding hydrogens is 428 g/mol. The zero-order valence-corrected chi connectivity index (χ0v) is 16.0. The van der Waals surface area contributed by atoms with Gasteiger partial charge in [-0.1, -0.05) is 36.7 Å². The van der Waals surface area contributed by atoms with Gasteiger partial charge in [0.15, 0.2) is 5.69 Å². The number of H-pyrrole nitrogens is 1. The summed E-state index contributed by atoms with van der Waals surface area (Å²) in [6, 6.07) is 5.09. The number of aromatic amines is 1. The van der Waals surface area contributed by atoms with Crippen LogP contribution in [0.2, 0.25) is 0 Å². The lowest BCUT2D eigenvalue weighted by atomic mass is 9.92. The predicted molar refractivity (Wildman–Crippen MR) is 95.9 cm³/mol. The molecule has 0 saturated heterocycles. The maximum Gasteiger partial charge on any atom is 0.291 e. The first kappa shape index (κ1) is 17.7. The molecule has 8 heteroatoms. The third kappa shape index (κ3) is 4.42. The van der Waals surface area contributed by atoms with Crippen molar-refractivity contribution >= 4 is 44.0 Å². The van der Waals surface area contributed by atoms with E-state index in [1.54, 1.807) is 18.2 Å². The van der Waals surface area contributed by atoms with Gasteiger partial charge in [-0.3, -0.25) is 9.89 Å². The average Bonchev–Trinajstić information content (AvgIpc) is 2.93. The van der Waals surface area contributed by atoms with Crippen molar-refractivity contribution in [1.29, 1.82) is 0 Å². The van der Waals surface area contributed by atoms with Crippen LogP contribution in [0.1, 0.15) is 42.5 Å². The second-order valence-corrected chi connectivity index (χ2v) is 7.71. The number of nitrogens with one attached hydrogen (secondary N) is 2. The number of nitrogens with zero attached hydrogens (tertiary/aromatic N) is 2. The summed E-state index contributed by atoms with van der Waals surface area (Å²) < 4.78 is 1.30. The zero-order valence-electron chi connectivity index (χ0n) is 12.8. The third-order valence-electron chi connectivity index (χ3n) is 3.05. The fourth-order valence-corrected chi connectivity index (χ4v) is 2.98. The minimum absolute atomic E-state index is 0.0426. The molecule has 2 aromatic rings. The number of aromatic hydroxyl groups is 1. The molecule has 0 aliphatic rings. The molecule has 23 heavy (non-hydrogen) atoms. The zero-order chi connectivity index (χ0) is 17.2. The highest BCUT2D eigenvalue weighted by Gasteiger charge is 2.19. The molecule has 0 aliphatic carbocycles. The Kier molecular flexibility index (Phi) is 5.26. The van der Waals surface area contributed by atoms with E-state index in [0.717, 1.165) is 10.2 Å². The molecule has 0 unspecified atom stereocenters. The lowest BCUT2D eigenvalue weighted by Gasteiger charge is -2.14. The van der Waals surface area contributed by atoms with Crippen LogP contribution in [0.3, 0.4) is 0 Å². The van der Waals surface area contributed by atoms with Crippen molar-refractivity contribution in [1.82, 2.24) is 15.6 Å². The molecule has 0 bridgehead atoms. The van der Waals surface area contributed by atoms with Gasteiger partial charge in [0.2, 0.25) is 0 Å². The summed E-state index contributed by atoms with van der Waals surface area (Å²) in [6.07, 6.45) is 1.36. The molecule has 3 N–H and O–H groups in total. The topological polar surface area (TPSA) is 90.4 Å². The first-order chi connectivity index (χ1) is 10.7. The lowest BCUT2D eigenvalue weighted by molar-refractivity contribution is 0.0950. The lowest BCUT2D eigenvalue weighted by Crippen LogP contribution is -2.18. The summed E-state index contributed by atoms with van der Waals surface area (Å²) in [4.78, 5) is 12.0. The van der Waals surface area contributed by atoms with Crippen LogP contribution >= 0.6 is 31.9 Å². The minimum Gasteiger partial charge on any atom is -0.506 e. The normalized spacial score (nSPS) is 11.9. The van der Waals surface area contributed by atoms with E-state index in [-0.39, 0.29) is 16.9 Å². The molecule has 1 amide bonds. The molecule has 1 aromatic heterocycles. The maximum atomic E-state index is 12.0. The number of halogens is 2. The number of hydrogen-bond donors (Lipinski definition) is 3. The minimum atomic E-state index is -0.429. The standard InChI is InChI=1S/C15H16Br2N4O2/c1-15(2,3)12-6-11(19-20-12)14(23)21-18-7-8-4-9(16)5-10(17)13(8)22/h4-7,22H,1-3H3,(H,19,20)(H,21,23)/b18-7-.